The number of hydrogen-bond acceptors (Lipinski definition) is 4. The molecule has 0 bridgehead atoms. The molecule has 2 aromatic carbocycles. The molecular formula is C16H14N2O2. The van der Waals surface area contributed by atoms with E-state index in [1.54, 1.807) is 18.2 Å². The fraction of sp³-hybridized carbons (Fsp3) is 0.125. The summed E-state index contributed by atoms with van der Waals surface area (Å²) in [5.41, 5.74) is 2.67. The van der Waals surface area contributed by atoms with Gasteiger partial charge in [-0.2, -0.15) is 5.26 Å². The van der Waals surface area contributed by atoms with Crippen LogP contribution in [0.15, 0.2) is 48.5 Å². The molecule has 0 unspecified atom stereocenters. The van der Waals surface area contributed by atoms with E-state index >= 15 is 0 Å². The van der Waals surface area contributed by atoms with Crippen molar-refractivity contribution in [2.24, 2.45) is 0 Å². The van der Waals surface area contributed by atoms with E-state index in [1.165, 1.54) is 7.11 Å². The van der Waals surface area contributed by atoms with Gasteiger partial charge in [0.1, 0.15) is 6.07 Å². The van der Waals surface area contributed by atoms with Crippen molar-refractivity contribution in [3.8, 4) is 6.07 Å². The molecule has 0 amide bonds. The van der Waals surface area contributed by atoms with Crippen LogP contribution in [0.3, 0.4) is 0 Å². The van der Waals surface area contributed by atoms with Crippen molar-refractivity contribution >= 4 is 11.7 Å². The molecule has 0 heterocycles. The van der Waals surface area contributed by atoms with Crippen LogP contribution in [0.5, 0.6) is 0 Å². The third-order valence-corrected chi connectivity index (χ3v) is 2.94. The minimum Gasteiger partial charge on any atom is -0.465 e. The van der Waals surface area contributed by atoms with Crippen molar-refractivity contribution < 1.29 is 9.53 Å². The summed E-state index contributed by atoms with van der Waals surface area (Å²) in [5, 5.41) is 12.2. The molecule has 100 valence electrons. The maximum Gasteiger partial charge on any atom is 0.338 e. The summed E-state index contributed by atoms with van der Waals surface area (Å²) in [7, 11) is 1.36. The molecule has 2 aromatic rings. The van der Waals surface area contributed by atoms with Crippen LogP contribution in [0.2, 0.25) is 0 Å². The summed E-state index contributed by atoms with van der Waals surface area (Å²) >= 11 is 0. The van der Waals surface area contributed by atoms with Gasteiger partial charge in [0.15, 0.2) is 0 Å². The third-order valence-electron chi connectivity index (χ3n) is 2.94. The Labute approximate surface area is 117 Å². The molecule has 0 aliphatic rings. The maximum atomic E-state index is 11.7. The Hall–Kier alpha value is -2.80. The van der Waals surface area contributed by atoms with E-state index in [2.05, 4.69) is 11.4 Å². The quantitative estimate of drug-likeness (QED) is 0.864. The molecule has 0 atom stereocenters. The van der Waals surface area contributed by atoms with Gasteiger partial charge < -0.3 is 10.1 Å². The number of benzene rings is 2. The number of carbonyl (C=O) groups is 1. The molecule has 0 aliphatic heterocycles. The number of nitrogens with one attached hydrogen (secondary N) is 1. The second-order valence-electron chi connectivity index (χ2n) is 4.16. The van der Waals surface area contributed by atoms with E-state index < -0.39 is 0 Å². The largest absolute Gasteiger partial charge is 0.465 e. The van der Waals surface area contributed by atoms with E-state index in [4.69, 9.17) is 10.00 Å². The van der Waals surface area contributed by atoms with Crippen LogP contribution in [-0.4, -0.2) is 13.1 Å². The molecule has 2 rings (SSSR count). The van der Waals surface area contributed by atoms with E-state index in [-0.39, 0.29) is 5.97 Å². The zero-order chi connectivity index (χ0) is 14.4. The van der Waals surface area contributed by atoms with Crippen LogP contribution in [0.25, 0.3) is 0 Å². The van der Waals surface area contributed by atoms with Crippen molar-refractivity contribution in [3.63, 3.8) is 0 Å². The second-order valence-corrected chi connectivity index (χ2v) is 4.16. The number of nitrogens with zero attached hydrogens (tertiary/aromatic N) is 1. The van der Waals surface area contributed by atoms with E-state index in [1.807, 2.05) is 30.3 Å². The van der Waals surface area contributed by atoms with Gasteiger partial charge in [-0.3, -0.25) is 0 Å². The first-order valence-electron chi connectivity index (χ1n) is 6.15. The first-order valence-corrected chi connectivity index (χ1v) is 6.15. The summed E-state index contributed by atoms with van der Waals surface area (Å²) in [5.74, 6) is -0.365. The number of esters is 1. The minimum absolute atomic E-state index is 0.365. The van der Waals surface area contributed by atoms with Crippen molar-refractivity contribution in [2.75, 3.05) is 12.4 Å². The van der Waals surface area contributed by atoms with Crippen molar-refractivity contribution in [1.29, 1.82) is 5.26 Å². The van der Waals surface area contributed by atoms with Gasteiger partial charge in [0.2, 0.25) is 0 Å². The predicted molar refractivity (Wildman–Crippen MR) is 76.3 cm³/mol. The third kappa shape index (κ3) is 2.96. The highest BCUT2D eigenvalue weighted by atomic mass is 16.5. The number of methoxy groups -OCH3 is 1. The SMILES string of the molecule is COC(=O)c1ccccc1CNc1ccccc1C#N. The molecule has 4 heteroatoms. The Balaban J connectivity index is 2.20. The predicted octanol–water partition coefficient (Wildman–Crippen LogP) is 2.96. The van der Waals surface area contributed by atoms with Gasteiger partial charge in [-0.05, 0) is 23.8 Å². The van der Waals surface area contributed by atoms with Crippen LogP contribution in [0.4, 0.5) is 5.69 Å². The lowest BCUT2D eigenvalue weighted by Crippen LogP contribution is -2.09. The number of ether oxygens (including phenoxy) is 1. The normalized spacial score (nSPS) is 9.60. The average molecular weight is 266 g/mol. The summed E-state index contributed by atoms with van der Waals surface area (Å²) < 4.78 is 4.75. The molecule has 4 nitrogen and oxygen atoms in total. The standard InChI is InChI=1S/C16H14N2O2/c1-20-16(19)14-8-4-2-7-13(14)11-18-15-9-5-3-6-12(15)10-17/h2-9,18H,11H2,1H3. The summed E-state index contributed by atoms with van der Waals surface area (Å²) in [6.07, 6.45) is 0. The monoisotopic (exact) mass is 266 g/mol. The van der Waals surface area contributed by atoms with Crippen LogP contribution in [-0.2, 0) is 11.3 Å². The molecule has 0 aliphatic carbocycles. The highest BCUT2D eigenvalue weighted by Crippen LogP contribution is 2.17. The number of anilines is 1. The summed E-state index contributed by atoms with van der Waals surface area (Å²) in [4.78, 5) is 11.7. The number of nitriles is 1. The molecule has 20 heavy (non-hydrogen) atoms. The fourth-order valence-electron chi connectivity index (χ4n) is 1.91. The van der Waals surface area contributed by atoms with Gasteiger partial charge in [-0.1, -0.05) is 30.3 Å². The van der Waals surface area contributed by atoms with Gasteiger partial charge in [-0.25, -0.2) is 4.79 Å². The lowest BCUT2D eigenvalue weighted by atomic mass is 10.1. The zero-order valence-electron chi connectivity index (χ0n) is 11.1. The smallest absolute Gasteiger partial charge is 0.338 e. The van der Waals surface area contributed by atoms with Crippen LogP contribution in [0, 0.1) is 11.3 Å². The molecular weight excluding hydrogens is 252 g/mol. The minimum atomic E-state index is -0.365. The van der Waals surface area contributed by atoms with Gasteiger partial charge in [0, 0.05) is 6.54 Å². The van der Waals surface area contributed by atoms with Crippen molar-refractivity contribution in [2.45, 2.75) is 6.54 Å². The summed E-state index contributed by atoms with van der Waals surface area (Å²) in [6.45, 7) is 0.448. The molecule has 0 saturated heterocycles. The Morgan fingerprint density at radius 2 is 1.90 bits per heavy atom. The van der Waals surface area contributed by atoms with Crippen molar-refractivity contribution in [3.05, 3.63) is 65.2 Å². The van der Waals surface area contributed by atoms with Gasteiger partial charge in [0.25, 0.3) is 0 Å². The van der Waals surface area contributed by atoms with Crippen LogP contribution in [0.1, 0.15) is 21.5 Å². The molecule has 0 radical (unpaired) electrons. The van der Waals surface area contributed by atoms with Gasteiger partial charge in [-0.15, -0.1) is 0 Å². The van der Waals surface area contributed by atoms with Gasteiger partial charge >= 0.3 is 5.97 Å². The van der Waals surface area contributed by atoms with Crippen LogP contribution >= 0.6 is 0 Å². The number of carbonyl (C=O) groups excluding carboxylic acids is 1. The number of hydrogen-bond donors (Lipinski definition) is 1. The Kier molecular flexibility index (Phi) is 4.35. The van der Waals surface area contributed by atoms with Crippen LogP contribution < -0.4 is 5.32 Å². The first-order chi connectivity index (χ1) is 9.76. The van der Waals surface area contributed by atoms with Gasteiger partial charge in [0.05, 0.1) is 23.9 Å². The van der Waals surface area contributed by atoms with E-state index in [9.17, 15) is 4.79 Å². The number of para-hydroxylation sites is 1. The van der Waals surface area contributed by atoms with Crippen molar-refractivity contribution in [1.82, 2.24) is 0 Å². The lowest BCUT2D eigenvalue weighted by molar-refractivity contribution is 0.0599. The lowest BCUT2D eigenvalue weighted by Gasteiger charge is -2.11. The maximum absolute atomic E-state index is 11.7. The molecule has 0 spiro atoms. The Bertz CT molecular complexity index is 660. The van der Waals surface area contributed by atoms with E-state index in [0.29, 0.717) is 17.7 Å². The fourth-order valence-corrected chi connectivity index (χ4v) is 1.91. The highest BCUT2D eigenvalue weighted by molar-refractivity contribution is 5.91. The topological polar surface area (TPSA) is 62.1 Å². The summed E-state index contributed by atoms with van der Waals surface area (Å²) in [6, 6.07) is 16.6. The zero-order valence-corrected chi connectivity index (χ0v) is 11.1. The molecule has 0 aromatic heterocycles. The molecule has 1 N–H and O–H groups in total. The molecule has 0 fully saturated rings. The molecule has 0 saturated carbocycles. The Morgan fingerprint density at radius 3 is 2.65 bits per heavy atom. The highest BCUT2D eigenvalue weighted by Gasteiger charge is 2.10. The number of rotatable bonds is 4. The first kappa shape index (κ1) is 13.6. The van der Waals surface area contributed by atoms with E-state index in [0.717, 1.165) is 11.3 Å². The second kappa shape index (κ2) is 6.39. The Morgan fingerprint density at radius 1 is 1.20 bits per heavy atom. The average Bonchev–Trinajstić information content (AvgIpc) is 2.52.